The first-order valence-electron chi connectivity index (χ1n) is 7.34. The molecule has 1 aliphatic carbocycles. The van der Waals surface area contributed by atoms with Crippen LogP contribution >= 0.6 is 0 Å². The molecule has 1 aliphatic rings. The van der Waals surface area contributed by atoms with E-state index >= 15 is 0 Å². The van der Waals surface area contributed by atoms with Gasteiger partial charge in [0, 0.05) is 6.04 Å². The third-order valence-electron chi connectivity index (χ3n) is 3.55. The van der Waals surface area contributed by atoms with E-state index in [1.54, 1.807) is 0 Å². The summed E-state index contributed by atoms with van der Waals surface area (Å²) in [5.74, 6) is 0.605. The number of anilines is 1. The highest BCUT2D eigenvalue weighted by molar-refractivity contribution is 7.92. The molecule has 112 valence electrons. The van der Waals surface area contributed by atoms with Gasteiger partial charge in [0.25, 0.3) is 0 Å². The zero-order chi connectivity index (χ0) is 14.6. The minimum absolute atomic E-state index is 0.134. The summed E-state index contributed by atoms with van der Waals surface area (Å²) in [5, 5.41) is 3.39. The van der Waals surface area contributed by atoms with Crippen molar-refractivity contribution in [3.05, 3.63) is 29.8 Å². The Balaban J connectivity index is 2.10. The summed E-state index contributed by atoms with van der Waals surface area (Å²) in [5.41, 5.74) is 1.70. The van der Waals surface area contributed by atoms with E-state index in [4.69, 9.17) is 0 Å². The van der Waals surface area contributed by atoms with Gasteiger partial charge in [0.2, 0.25) is 10.0 Å². The molecule has 4 nitrogen and oxygen atoms in total. The van der Waals surface area contributed by atoms with Crippen molar-refractivity contribution in [3.63, 3.8) is 0 Å². The number of para-hydroxylation sites is 1. The van der Waals surface area contributed by atoms with Crippen LogP contribution in [0.25, 0.3) is 0 Å². The Kier molecular flexibility index (Phi) is 5.05. The van der Waals surface area contributed by atoms with Gasteiger partial charge in [0.1, 0.15) is 0 Å². The summed E-state index contributed by atoms with van der Waals surface area (Å²) in [7, 11) is -3.23. The lowest BCUT2D eigenvalue weighted by atomic mass is 10.1. The molecule has 1 aromatic rings. The summed E-state index contributed by atoms with van der Waals surface area (Å²) < 4.78 is 27.0. The van der Waals surface area contributed by atoms with Gasteiger partial charge in [-0.15, -0.1) is 0 Å². The molecule has 0 radical (unpaired) electrons. The van der Waals surface area contributed by atoms with Crippen molar-refractivity contribution >= 4 is 15.7 Å². The van der Waals surface area contributed by atoms with Crippen LogP contribution in [0.5, 0.6) is 0 Å². The molecule has 20 heavy (non-hydrogen) atoms. The maximum Gasteiger partial charge on any atom is 0.233 e. The van der Waals surface area contributed by atoms with Crippen molar-refractivity contribution in [2.24, 2.45) is 5.92 Å². The van der Waals surface area contributed by atoms with E-state index in [2.05, 4.69) is 23.9 Å². The first-order valence-corrected chi connectivity index (χ1v) is 9.00. The van der Waals surface area contributed by atoms with Crippen LogP contribution < -0.4 is 10.0 Å². The molecular formula is C15H24N2O2S. The van der Waals surface area contributed by atoms with Crippen molar-refractivity contribution in [2.75, 3.05) is 17.0 Å². The summed E-state index contributed by atoms with van der Waals surface area (Å²) in [6.07, 6.45) is 3.13. The van der Waals surface area contributed by atoms with Gasteiger partial charge in [0.05, 0.1) is 11.4 Å². The fourth-order valence-electron chi connectivity index (χ4n) is 2.24. The van der Waals surface area contributed by atoms with Crippen LogP contribution in [0.1, 0.15) is 44.7 Å². The minimum Gasteiger partial charge on any atom is -0.310 e. The van der Waals surface area contributed by atoms with Crippen molar-refractivity contribution in [1.29, 1.82) is 0 Å². The lowest BCUT2D eigenvalue weighted by molar-refractivity contribution is 0.571. The molecule has 5 heteroatoms. The summed E-state index contributed by atoms with van der Waals surface area (Å²) in [6, 6.07) is 7.75. The highest BCUT2D eigenvalue weighted by Crippen LogP contribution is 2.31. The molecular weight excluding hydrogens is 272 g/mol. The molecule has 0 aliphatic heterocycles. The molecule has 1 aromatic carbocycles. The third-order valence-corrected chi connectivity index (χ3v) is 4.99. The van der Waals surface area contributed by atoms with Crippen LogP contribution in [0.15, 0.2) is 24.3 Å². The van der Waals surface area contributed by atoms with Crippen LogP contribution in [0.4, 0.5) is 5.69 Å². The lowest BCUT2D eigenvalue weighted by Gasteiger charge is -2.18. The van der Waals surface area contributed by atoms with Gasteiger partial charge in [-0.1, -0.05) is 25.1 Å². The number of benzene rings is 1. The maximum atomic E-state index is 12.1. The number of hydrogen-bond acceptors (Lipinski definition) is 3. The Morgan fingerprint density at radius 2 is 2.00 bits per heavy atom. The molecule has 0 spiro atoms. The van der Waals surface area contributed by atoms with Crippen LogP contribution in [-0.4, -0.2) is 20.7 Å². The van der Waals surface area contributed by atoms with Gasteiger partial charge in [0.15, 0.2) is 0 Å². The SMILES string of the molecule is CCCNC(C)c1ccccc1NS(=O)(=O)CC1CC1. The van der Waals surface area contributed by atoms with E-state index < -0.39 is 10.0 Å². The molecule has 0 aromatic heterocycles. The maximum absolute atomic E-state index is 12.1. The Morgan fingerprint density at radius 1 is 1.30 bits per heavy atom. The fraction of sp³-hybridized carbons (Fsp3) is 0.600. The minimum atomic E-state index is -3.23. The molecule has 0 saturated heterocycles. The largest absolute Gasteiger partial charge is 0.310 e. The Hall–Kier alpha value is -1.07. The molecule has 1 atom stereocenters. The number of rotatable bonds is 8. The van der Waals surface area contributed by atoms with Gasteiger partial charge in [-0.3, -0.25) is 4.72 Å². The molecule has 0 heterocycles. The molecule has 1 saturated carbocycles. The van der Waals surface area contributed by atoms with Crippen molar-refractivity contribution in [2.45, 2.75) is 39.2 Å². The fourth-order valence-corrected chi connectivity index (χ4v) is 3.80. The zero-order valence-corrected chi connectivity index (χ0v) is 13.0. The molecule has 1 unspecified atom stereocenters. The van der Waals surface area contributed by atoms with E-state index in [-0.39, 0.29) is 11.8 Å². The van der Waals surface area contributed by atoms with Crippen molar-refractivity contribution in [3.8, 4) is 0 Å². The normalized spacial score (nSPS) is 16.9. The highest BCUT2D eigenvalue weighted by atomic mass is 32.2. The van der Waals surface area contributed by atoms with E-state index in [0.717, 1.165) is 31.4 Å². The highest BCUT2D eigenvalue weighted by Gasteiger charge is 2.28. The van der Waals surface area contributed by atoms with Crippen LogP contribution in [0, 0.1) is 5.92 Å². The van der Waals surface area contributed by atoms with Gasteiger partial charge >= 0.3 is 0 Å². The molecule has 0 amide bonds. The van der Waals surface area contributed by atoms with E-state index in [0.29, 0.717) is 11.6 Å². The van der Waals surface area contributed by atoms with Crippen LogP contribution in [-0.2, 0) is 10.0 Å². The van der Waals surface area contributed by atoms with Crippen LogP contribution in [0.2, 0.25) is 0 Å². The second kappa shape index (κ2) is 6.59. The summed E-state index contributed by atoms with van der Waals surface area (Å²) in [4.78, 5) is 0. The molecule has 2 rings (SSSR count). The van der Waals surface area contributed by atoms with Gasteiger partial charge in [-0.2, -0.15) is 0 Å². The Labute approximate surface area is 122 Å². The average Bonchev–Trinajstić information content (AvgIpc) is 3.19. The lowest BCUT2D eigenvalue weighted by Crippen LogP contribution is -2.23. The monoisotopic (exact) mass is 296 g/mol. The smallest absolute Gasteiger partial charge is 0.233 e. The Bertz CT molecular complexity index is 539. The molecule has 1 fully saturated rings. The molecule has 0 bridgehead atoms. The van der Waals surface area contributed by atoms with Gasteiger partial charge < -0.3 is 5.32 Å². The predicted molar refractivity (Wildman–Crippen MR) is 83.3 cm³/mol. The van der Waals surface area contributed by atoms with Gasteiger partial charge in [-0.05, 0) is 50.3 Å². The van der Waals surface area contributed by atoms with E-state index in [1.165, 1.54) is 0 Å². The first-order chi connectivity index (χ1) is 9.52. The standard InChI is InChI=1S/C15H24N2O2S/c1-3-10-16-12(2)14-6-4-5-7-15(14)17-20(18,19)11-13-8-9-13/h4-7,12-13,16-17H,3,8-11H2,1-2H3. The number of hydrogen-bond donors (Lipinski definition) is 2. The summed E-state index contributed by atoms with van der Waals surface area (Å²) >= 11 is 0. The number of nitrogens with one attached hydrogen (secondary N) is 2. The average molecular weight is 296 g/mol. The van der Waals surface area contributed by atoms with E-state index in [1.807, 2.05) is 24.3 Å². The molecule has 2 N–H and O–H groups in total. The van der Waals surface area contributed by atoms with Crippen molar-refractivity contribution < 1.29 is 8.42 Å². The summed E-state index contributed by atoms with van der Waals surface area (Å²) in [6.45, 7) is 5.10. The topological polar surface area (TPSA) is 58.2 Å². The zero-order valence-electron chi connectivity index (χ0n) is 12.2. The predicted octanol–water partition coefficient (Wildman–Crippen LogP) is 2.90. The Morgan fingerprint density at radius 3 is 2.65 bits per heavy atom. The number of sulfonamides is 1. The van der Waals surface area contributed by atoms with E-state index in [9.17, 15) is 8.42 Å². The van der Waals surface area contributed by atoms with Crippen LogP contribution in [0.3, 0.4) is 0 Å². The first kappa shape index (κ1) is 15.3. The quantitative estimate of drug-likeness (QED) is 0.775. The second-order valence-corrected chi connectivity index (χ2v) is 7.36. The van der Waals surface area contributed by atoms with Gasteiger partial charge in [-0.25, -0.2) is 8.42 Å². The second-order valence-electron chi connectivity index (χ2n) is 5.59. The third kappa shape index (κ3) is 4.49. The van der Waals surface area contributed by atoms with Crippen molar-refractivity contribution in [1.82, 2.24) is 5.32 Å².